The lowest BCUT2D eigenvalue weighted by atomic mass is 10.0. The third kappa shape index (κ3) is 4.08. The Morgan fingerprint density at radius 2 is 2.05 bits per heavy atom. The van der Waals surface area contributed by atoms with Crippen molar-refractivity contribution >= 4 is 33.4 Å². The predicted octanol–water partition coefficient (Wildman–Crippen LogP) is 5.29. The van der Waals surface area contributed by atoms with Crippen LogP contribution in [0.1, 0.15) is 40.9 Å². The molecule has 0 spiro atoms. The molecule has 2 aromatic carbocycles. The fourth-order valence-electron chi connectivity index (χ4n) is 2.17. The van der Waals surface area contributed by atoms with E-state index in [0.29, 0.717) is 10.6 Å². The monoisotopic (exact) mass is 365 g/mol. The van der Waals surface area contributed by atoms with E-state index in [9.17, 15) is 4.79 Å². The van der Waals surface area contributed by atoms with Crippen LogP contribution < -0.4 is 5.32 Å². The molecule has 1 N–H and O–H groups in total. The number of carbonyl (C=O) groups is 1. The van der Waals surface area contributed by atoms with E-state index in [1.54, 1.807) is 0 Å². The van der Waals surface area contributed by atoms with Gasteiger partial charge in [0.05, 0.1) is 6.04 Å². The minimum atomic E-state index is -0.0718. The molecule has 0 heterocycles. The molecule has 1 atom stereocenters. The number of hydrogen-bond donors (Lipinski definition) is 1. The summed E-state index contributed by atoms with van der Waals surface area (Å²) < 4.78 is 1.00. The molecule has 1 unspecified atom stereocenters. The molecule has 0 bridgehead atoms. The molecule has 0 aliphatic rings. The third-order valence-corrected chi connectivity index (χ3v) is 4.51. The second-order valence-corrected chi connectivity index (χ2v) is 6.24. The number of hydrogen-bond acceptors (Lipinski definition) is 1. The van der Waals surface area contributed by atoms with Gasteiger partial charge in [0.25, 0.3) is 5.91 Å². The minimum Gasteiger partial charge on any atom is -0.345 e. The Bertz CT molecular complexity index is 657. The average molecular weight is 367 g/mol. The summed E-state index contributed by atoms with van der Waals surface area (Å²) in [6, 6.07) is 13.1. The van der Waals surface area contributed by atoms with Crippen molar-refractivity contribution in [1.29, 1.82) is 0 Å². The summed E-state index contributed by atoms with van der Waals surface area (Å²) in [5.74, 6) is -0.0718. The lowest BCUT2D eigenvalue weighted by Gasteiger charge is -2.18. The van der Waals surface area contributed by atoms with Gasteiger partial charge in [-0.2, -0.15) is 0 Å². The van der Waals surface area contributed by atoms with E-state index < -0.39 is 0 Å². The van der Waals surface area contributed by atoms with Gasteiger partial charge in [0.1, 0.15) is 0 Å². The lowest BCUT2D eigenvalue weighted by molar-refractivity contribution is 0.0935. The molecular weight excluding hydrogens is 350 g/mol. The van der Waals surface area contributed by atoms with Gasteiger partial charge < -0.3 is 5.32 Å². The summed E-state index contributed by atoms with van der Waals surface area (Å²) in [7, 11) is 0. The van der Waals surface area contributed by atoms with Crippen LogP contribution in [0.15, 0.2) is 46.9 Å². The second kappa shape index (κ2) is 7.10. The Labute approximate surface area is 138 Å². The Balaban J connectivity index is 2.18. The van der Waals surface area contributed by atoms with E-state index in [-0.39, 0.29) is 11.9 Å². The molecule has 2 nitrogen and oxygen atoms in total. The molecule has 0 fully saturated rings. The van der Waals surface area contributed by atoms with Crippen LogP contribution in [0.5, 0.6) is 0 Å². The molecule has 0 aromatic heterocycles. The zero-order valence-corrected chi connectivity index (χ0v) is 14.3. The SMILES string of the molecule is CCC(NC(=O)c1ccc(Br)c(C)c1)c1cccc(Cl)c1. The molecule has 21 heavy (non-hydrogen) atoms. The molecule has 0 saturated carbocycles. The van der Waals surface area contributed by atoms with Gasteiger partial charge in [-0.1, -0.05) is 46.6 Å². The molecule has 4 heteroatoms. The van der Waals surface area contributed by atoms with Crippen molar-refractivity contribution in [2.75, 3.05) is 0 Å². The topological polar surface area (TPSA) is 29.1 Å². The summed E-state index contributed by atoms with van der Waals surface area (Å²) in [6.45, 7) is 4.01. The maximum Gasteiger partial charge on any atom is 0.251 e. The highest BCUT2D eigenvalue weighted by atomic mass is 79.9. The zero-order chi connectivity index (χ0) is 15.4. The first-order valence-corrected chi connectivity index (χ1v) is 8.01. The standard InChI is InChI=1S/C17H17BrClNO/c1-3-16(12-5-4-6-14(19)10-12)20-17(21)13-7-8-15(18)11(2)9-13/h4-10,16H,3H2,1-2H3,(H,20,21). The molecule has 0 aliphatic carbocycles. The Morgan fingerprint density at radius 1 is 1.29 bits per heavy atom. The van der Waals surface area contributed by atoms with Crippen LogP contribution in [0.4, 0.5) is 0 Å². The molecule has 0 radical (unpaired) electrons. The second-order valence-electron chi connectivity index (χ2n) is 4.95. The smallest absolute Gasteiger partial charge is 0.251 e. The summed E-state index contributed by atoms with van der Waals surface area (Å²) in [5.41, 5.74) is 2.72. The molecule has 0 aliphatic heterocycles. The van der Waals surface area contributed by atoms with Gasteiger partial charge in [-0.15, -0.1) is 0 Å². The Kier molecular flexibility index (Phi) is 5.43. The molecule has 110 valence electrons. The number of benzene rings is 2. The van der Waals surface area contributed by atoms with Gasteiger partial charge in [-0.05, 0) is 54.8 Å². The number of rotatable bonds is 4. The molecule has 1 amide bonds. The maximum atomic E-state index is 12.4. The van der Waals surface area contributed by atoms with Gasteiger partial charge in [-0.3, -0.25) is 4.79 Å². The average Bonchev–Trinajstić information content (AvgIpc) is 2.47. The number of halogens is 2. The van der Waals surface area contributed by atoms with Gasteiger partial charge in [-0.25, -0.2) is 0 Å². The highest BCUT2D eigenvalue weighted by Crippen LogP contribution is 2.22. The normalized spacial score (nSPS) is 12.0. The van der Waals surface area contributed by atoms with Crippen molar-refractivity contribution in [2.24, 2.45) is 0 Å². The zero-order valence-electron chi connectivity index (χ0n) is 12.0. The summed E-state index contributed by atoms with van der Waals surface area (Å²) in [5, 5.41) is 3.74. The first kappa shape index (κ1) is 16.1. The van der Waals surface area contributed by atoms with Crippen LogP contribution >= 0.6 is 27.5 Å². The van der Waals surface area contributed by atoms with Crippen molar-refractivity contribution in [3.8, 4) is 0 Å². The van der Waals surface area contributed by atoms with Crippen molar-refractivity contribution < 1.29 is 4.79 Å². The van der Waals surface area contributed by atoms with Crippen LogP contribution in [-0.4, -0.2) is 5.91 Å². The quantitative estimate of drug-likeness (QED) is 0.782. The van der Waals surface area contributed by atoms with Crippen LogP contribution in [0.2, 0.25) is 5.02 Å². The number of nitrogens with one attached hydrogen (secondary N) is 1. The number of amides is 1. The van der Waals surface area contributed by atoms with Crippen LogP contribution in [-0.2, 0) is 0 Å². The van der Waals surface area contributed by atoms with Crippen molar-refractivity contribution in [3.63, 3.8) is 0 Å². The lowest BCUT2D eigenvalue weighted by Crippen LogP contribution is -2.28. The Hall–Kier alpha value is -1.32. The molecule has 0 saturated heterocycles. The third-order valence-electron chi connectivity index (χ3n) is 3.38. The minimum absolute atomic E-state index is 0.0415. The number of aryl methyl sites for hydroxylation is 1. The van der Waals surface area contributed by atoms with Gasteiger partial charge in [0.15, 0.2) is 0 Å². The van der Waals surface area contributed by atoms with Crippen LogP contribution in [0, 0.1) is 6.92 Å². The summed E-state index contributed by atoms with van der Waals surface area (Å²) in [4.78, 5) is 12.4. The van der Waals surface area contributed by atoms with E-state index in [0.717, 1.165) is 22.0 Å². The maximum absolute atomic E-state index is 12.4. The van der Waals surface area contributed by atoms with Crippen molar-refractivity contribution in [2.45, 2.75) is 26.3 Å². The fraction of sp³-hybridized carbons (Fsp3) is 0.235. The van der Waals surface area contributed by atoms with Crippen molar-refractivity contribution in [1.82, 2.24) is 5.32 Å². The van der Waals surface area contributed by atoms with E-state index in [1.807, 2.05) is 56.3 Å². The summed E-state index contributed by atoms with van der Waals surface area (Å²) in [6.07, 6.45) is 0.807. The first-order valence-electron chi connectivity index (χ1n) is 6.83. The van der Waals surface area contributed by atoms with E-state index in [2.05, 4.69) is 21.2 Å². The van der Waals surface area contributed by atoms with E-state index in [4.69, 9.17) is 11.6 Å². The van der Waals surface area contributed by atoms with E-state index >= 15 is 0 Å². The van der Waals surface area contributed by atoms with Gasteiger partial charge in [0, 0.05) is 15.1 Å². The summed E-state index contributed by atoms with van der Waals surface area (Å²) >= 11 is 9.46. The highest BCUT2D eigenvalue weighted by molar-refractivity contribution is 9.10. The van der Waals surface area contributed by atoms with Gasteiger partial charge >= 0.3 is 0 Å². The Morgan fingerprint density at radius 3 is 2.67 bits per heavy atom. The largest absolute Gasteiger partial charge is 0.345 e. The van der Waals surface area contributed by atoms with Crippen LogP contribution in [0.25, 0.3) is 0 Å². The van der Waals surface area contributed by atoms with Crippen LogP contribution in [0.3, 0.4) is 0 Å². The van der Waals surface area contributed by atoms with Gasteiger partial charge in [0.2, 0.25) is 0 Å². The van der Waals surface area contributed by atoms with Crippen molar-refractivity contribution in [3.05, 3.63) is 68.7 Å². The highest BCUT2D eigenvalue weighted by Gasteiger charge is 2.14. The predicted molar refractivity (Wildman–Crippen MR) is 90.8 cm³/mol. The molecule has 2 aromatic rings. The molecular formula is C17H17BrClNO. The molecule has 2 rings (SSSR count). The first-order chi connectivity index (χ1) is 10.0. The number of carbonyl (C=O) groups excluding carboxylic acids is 1. The van der Waals surface area contributed by atoms with E-state index in [1.165, 1.54) is 0 Å². The fourth-order valence-corrected chi connectivity index (χ4v) is 2.62.